The summed E-state index contributed by atoms with van der Waals surface area (Å²) in [6, 6.07) is 8.84. The van der Waals surface area contributed by atoms with Gasteiger partial charge in [-0.2, -0.15) is 0 Å². The van der Waals surface area contributed by atoms with Gasteiger partial charge in [-0.25, -0.2) is 9.37 Å². The lowest BCUT2D eigenvalue weighted by molar-refractivity contribution is 0.0946. The number of oxazole rings is 1. The zero-order chi connectivity index (χ0) is 18.7. The Bertz CT molecular complexity index is 941. The van der Waals surface area contributed by atoms with Gasteiger partial charge in [0.05, 0.1) is 17.3 Å². The number of aliphatic hydroxyl groups excluding tert-OH is 1. The van der Waals surface area contributed by atoms with Crippen LogP contribution in [0, 0.1) is 5.82 Å². The van der Waals surface area contributed by atoms with E-state index in [4.69, 9.17) is 21.1 Å². The van der Waals surface area contributed by atoms with E-state index in [0.717, 1.165) is 17.7 Å². The van der Waals surface area contributed by atoms with Gasteiger partial charge in [0.1, 0.15) is 18.2 Å². The van der Waals surface area contributed by atoms with Gasteiger partial charge in [0.2, 0.25) is 5.89 Å². The minimum absolute atomic E-state index is 0.0314. The van der Waals surface area contributed by atoms with Crippen LogP contribution in [0.5, 0.6) is 5.75 Å². The number of carbonyl (C=O) groups is 1. The highest BCUT2D eigenvalue weighted by Crippen LogP contribution is 2.32. The van der Waals surface area contributed by atoms with E-state index in [0.29, 0.717) is 5.02 Å². The second-order valence-electron chi connectivity index (χ2n) is 5.43. The van der Waals surface area contributed by atoms with Gasteiger partial charge in [-0.05, 0) is 29.8 Å². The van der Waals surface area contributed by atoms with Crippen LogP contribution >= 0.6 is 11.6 Å². The highest BCUT2D eigenvalue weighted by atomic mass is 35.5. The molecule has 0 fully saturated rings. The molecular formula is C18H14ClFN2O4. The average Bonchev–Trinajstić information content (AvgIpc) is 3.11. The molecule has 134 valence electrons. The van der Waals surface area contributed by atoms with Gasteiger partial charge in [0, 0.05) is 11.6 Å². The lowest BCUT2D eigenvalue weighted by Crippen LogP contribution is -2.23. The lowest BCUT2D eigenvalue weighted by atomic mass is 10.1. The normalized spacial score (nSPS) is 10.7. The van der Waals surface area contributed by atoms with Crippen molar-refractivity contribution in [2.45, 2.75) is 13.2 Å². The largest absolute Gasteiger partial charge is 0.507 e. The Morgan fingerprint density at radius 3 is 2.65 bits per heavy atom. The van der Waals surface area contributed by atoms with E-state index in [1.54, 1.807) is 24.3 Å². The van der Waals surface area contributed by atoms with Crippen molar-refractivity contribution < 1.29 is 23.8 Å². The maximum absolute atomic E-state index is 14.3. The highest BCUT2D eigenvalue weighted by molar-refractivity contribution is 6.30. The summed E-state index contributed by atoms with van der Waals surface area (Å²) >= 11 is 5.79. The van der Waals surface area contributed by atoms with Crippen molar-refractivity contribution in [2.75, 3.05) is 0 Å². The van der Waals surface area contributed by atoms with Crippen molar-refractivity contribution >= 4 is 17.5 Å². The predicted molar refractivity (Wildman–Crippen MR) is 92.1 cm³/mol. The van der Waals surface area contributed by atoms with Gasteiger partial charge in [-0.15, -0.1) is 0 Å². The van der Waals surface area contributed by atoms with Crippen molar-refractivity contribution in [2.24, 2.45) is 0 Å². The van der Waals surface area contributed by atoms with Crippen LogP contribution in [0.3, 0.4) is 0 Å². The summed E-state index contributed by atoms with van der Waals surface area (Å²) in [6.45, 7) is -0.242. The standard InChI is InChI=1S/C18H14ClFN2O4/c19-11-3-1-10(2-4-11)7-22-18(25)12-6-15(24)13(5-14(12)20)16-8-21-17(9-23)26-16/h1-6,8,23-24H,7,9H2,(H,22,25). The number of halogens is 2. The van der Waals surface area contributed by atoms with Crippen LogP contribution in [-0.4, -0.2) is 21.1 Å². The first-order valence-electron chi connectivity index (χ1n) is 7.59. The number of aromatic hydroxyl groups is 1. The number of aromatic nitrogens is 1. The second kappa shape index (κ2) is 7.55. The Balaban J connectivity index is 1.78. The smallest absolute Gasteiger partial charge is 0.254 e. The molecule has 3 aromatic rings. The van der Waals surface area contributed by atoms with E-state index >= 15 is 0 Å². The quantitative estimate of drug-likeness (QED) is 0.635. The summed E-state index contributed by atoms with van der Waals surface area (Å²) < 4.78 is 19.5. The molecule has 1 amide bonds. The van der Waals surface area contributed by atoms with E-state index in [1.807, 2.05) is 0 Å². The molecule has 2 aromatic carbocycles. The maximum atomic E-state index is 14.3. The monoisotopic (exact) mass is 376 g/mol. The van der Waals surface area contributed by atoms with Crippen molar-refractivity contribution in [1.29, 1.82) is 0 Å². The first-order valence-corrected chi connectivity index (χ1v) is 7.97. The fraction of sp³-hybridized carbons (Fsp3) is 0.111. The fourth-order valence-electron chi connectivity index (χ4n) is 2.32. The van der Waals surface area contributed by atoms with Crippen LogP contribution in [0.15, 0.2) is 47.0 Å². The summed E-state index contributed by atoms with van der Waals surface area (Å²) in [4.78, 5) is 16.0. The van der Waals surface area contributed by atoms with Crippen molar-refractivity contribution in [3.8, 4) is 17.1 Å². The topological polar surface area (TPSA) is 95.6 Å². The molecule has 0 unspecified atom stereocenters. The molecule has 0 atom stereocenters. The third-order valence-electron chi connectivity index (χ3n) is 3.65. The number of carbonyl (C=O) groups excluding carboxylic acids is 1. The van der Waals surface area contributed by atoms with Gasteiger partial charge in [0.15, 0.2) is 5.76 Å². The molecule has 0 radical (unpaired) electrons. The van der Waals surface area contributed by atoms with Gasteiger partial charge in [-0.3, -0.25) is 4.79 Å². The van der Waals surface area contributed by atoms with E-state index in [2.05, 4.69) is 10.3 Å². The number of hydrogen-bond acceptors (Lipinski definition) is 5. The molecular weight excluding hydrogens is 363 g/mol. The number of amides is 1. The molecule has 8 heteroatoms. The summed E-state index contributed by atoms with van der Waals surface area (Å²) in [5, 5.41) is 22.2. The van der Waals surface area contributed by atoms with Gasteiger partial charge < -0.3 is 19.9 Å². The number of hydrogen-bond donors (Lipinski definition) is 3. The Hall–Kier alpha value is -2.90. The zero-order valence-corrected chi connectivity index (χ0v) is 14.1. The summed E-state index contributed by atoms with van der Waals surface area (Å²) in [5.41, 5.74) is 0.522. The summed E-state index contributed by atoms with van der Waals surface area (Å²) in [5.74, 6) is -1.73. The number of rotatable bonds is 5. The molecule has 0 saturated carbocycles. The molecule has 0 aliphatic rings. The molecule has 0 aliphatic carbocycles. The minimum atomic E-state index is -0.826. The minimum Gasteiger partial charge on any atom is -0.507 e. The molecule has 0 saturated heterocycles. The first kappa shape index (κ1) is 17.9. The lowest BCUT2D eigenvalue weighted by Gasteiger charge is -2.09. The summed E-state index contributed by atoms with van der Waals surface area (Å²) in [6.07, 6.45) is 1.25. The third kappa shape index (κ3) is 3.84. The fourth-order valence-corrected chi connectivity index (χ4v) is 2.45. The van der Waals surface area contributed by atoms with E-state index in [1.165, 1.54) is 6.20 Å². The van der Waals surface area contributed by atoms with Crippen LogP contribution in [0.25, 0.3) is 11.3 Å². The number of benzene rings is 2. The number of nitrogens with one attached hydrogen (secondary N) is 1. The molecule has 1 aromatic heterocycles. The SMILES string of the molecule is O=C(NCc1ccc(Cl)cc1)c1cc(O)c(-c2cnc(CO)o2)cc1F. The van der Waals surface area contributed by atoms with Crippen molar-refractivity contribution in [1.82, 2.24) is 10.3 Å². The number of aliphatic hydroxyl groups is 1. The maximum Gasteiger partial charge on any atom is 0.254 e. The molecule has 3 N–H and O–H groups in total. The van der Waals surface area contributed by atoms with Crippen molar-refractivity contribution in [3.05, 3.63) is 70.5 Å². The number of nitrogens with zero attached hydrogens (tertiary/aromatic N) is 1. The molecule has 26 heavy (non-hydrogen) atoms. The van der Waals surface area contributed by atoms with Crippen LogP contribution < -0.4 is 5.32 Å². The van der Waals surface area contributed by atoms with Crippen LogP contribution in [-0.2, 0) is 13.2 Å². The molecule has 6 nitrogen and oxygen atoms in total. The summed E-state index contributed by atoms with van der Waals surface area (Å²) in [7, 11) is 0. The Morgan fingerprint density at radius 1 is 1.27 bits per heavy atom. The highest BCUT2D eigenvalue weighted by Gasteiger charge is 2.18. The Morgan fingerprint density at radius 2 is 2.00 bits per heavy atom. The molecule has 0 spiro atoms. The first-order chi connectivity index (χ1) is 12.5. The Labute approximate surface area is 152 Å². The van der Waals surface area contributed by atoms with Crippen molar-refractivity contribution in [3.63, 3.8) is 0 Å². The van der Waals surface area contributed by atoms with Gasteiger partial charge >= 0.3 is 0 Å². The molecule has 3 rings (SSSR count). The van der Waals surface area contributed by atoms with Crippen LogP contribution in [0.4, 0.5) is 4.39 Å². The Kier molecular flexibility index (Phi) is 5.20. The van der Waals surface area contributed by atoms with Crippen LogP contribution in [0.2, 0.25) is 5.02 Å². The number of phenolic OH excluding ortho intramolecular Hbond substituents is 1. The van der Waals surface area contributed by atoms with E-state index < -0.39 is 18.3 Å². The zero-order valence-electron chi connectivity index (χ0n) is 13.4. The second-order valence-corrected chi connectivity index (χ2v) is 5.87. The molecule has 0 aliphatic heterocycles. The van der Waals surface area contributed by atoms with Crippen LogP contribution in [0.1, 0.15) is 21.8 Å². The van der Waals surface area contributed by atoms with Gasteiger partial charge in [-0.1, -0.05) is 23.7 Å². The molecule has 1 heterocycles. The molecule has 0 bridgehead atoms. The average molecular weight is 377 g/mol. The van der Waals surface area contributed by atoms with E-state index in [-0.39, 0.29) is 35.1 Å². The van der Waals surface area contributed by atoms with E-state index in [9.17, 15) is 14.3 Å². The van der Waals surface area contributed by atoms with Gasteiger partial charge in [0.25, 0.3) is 5.91 Å². The predicted octanol–water partition coefficient (Wildman–Crippen LogP) is 3.26. The number of phenols is 1. The third-order valence-corrected chi connectivity index (χ3v) is 3.90.